The van der Waals surface area contributed by atoms with Crippen molar-refractivity contribution in [2.75, 3.05) is 13.1 Å². The molecule has 1 aromatic heterocycles. The number of carbonyl (C=O) groups excluding carboxylic acids is 6. The van der Waals surface area contributed by atoms with Crippen LogP contribution in [0.3, 0.4) is 0 Å². The summed E-state index contributed by atoms with van der Waals surface area (Å²) in [5.74, 6) is -4.51. The fraction of sp³-hybridized carbons (Fsp3) is 0.214. The molecule has 0 fully saturated rings. The zero-order valence-corrected chi connectivity index (χ0v) is 21.5. The molecule has 13 nitrogen and oxygen atoms in total. The number of carboxylic acids is 1. The smallest absolute Gasteiger partial charge is 0.326 e. The normalized spacial score (nSPS) is 14.7. The molecule has 0 bridgehead atoms. The van der Waals surface area contributed by atoms with E-state index >= 15 is 0 Å². The van der Waals surface area contributed by atoms with E-state index in [1.807, 2.05) is 0 Å². The monoisotopic (exact) mass is 557 g/mol. The van der Waals surface area contributed by atoms with Crippen LogP contribution in [0.5, 0.6) is 0 Å². The average molecular weight is 558 g/mol. The van der Waals surface area contributed by atoms with Crippen LogP contribution in [0.1, 0.15) is 64.8 Å². The maximum atomic E-state index is 12.7. The first-order valence-electron chi connectivity index (χ1n) is 12.6. The maximum Gasteiger partial charge on any atom is 0.326 e. The number of benzene rings is 2. The van der Waals surface area contributed by atoms with Gasteiger partial charge in [0.15, 0.2) is 0 Å². The topological polar surface area (TPSA) is 176 Å². The van der Waals surface area contributed by atoms with Crippen LogP contribution in [0.25, 0.3) is 0 Å². The predicted octanol–water partition coefficient (Wildman–Crippen LogP) is 1.01. The van der Waals surface area contributed by atoms with Gasteiger partial charge in [-0.05, 0) is 24.3 Å². The lowest BCUT2D eigenvalue weighted by molar-refractivity contribution is -0.141. The highest BCUT2D eigenvalue weighted by Crippen LogP contribution is 2.23. The number of hydrogen-bond acceptors (Lipinski definition) is 8. The van der Waals surface area contributed by atoms with Crippen molar-refractivity contribution < 1.29 is 38.7 Å². The lowest BCUT2D eigenvalue weighted by atomic mass is 10.1. The highest BCUT2D eigenvalue weighted by molar-refractivity contribution is 6.22. The van der Waals surface area contributed by atoms with Gasteiger partial charge in [-0.1, -0.05) is 24.3 Å². The van der Waals surface area contributed by atoms with Crippen LogP contribution < -0.4 is 5.32 Å². The molecule has 0 radical (unpaired) electrons. The Bertz CT molecular complexity index is 1560. The summed E-state index contributed by atoms with van der Waals surface area (Å²) in [6.45, 7) is -0.361. The second kappa shape index (κ2) is 11.0. The molecule has 2 N–H and O–H groups in total. The minimum Gasteiger partial charge on any atom is -0.480 e. The molecule has 41 heavy (non-hydrogen) atoms. The van der Waals surface area contributed by atoms with Crippen molar-refractivity contribution in [1.82, 2.24) is 24.7 Å². The van der Waals surface area contributed by atoms with Gasteiger partial charge in [-0.2, -0.15) is 0 Å². The number of carboxylic acid groups (broad SMARTS) is 1. The van der Waals surface area contributed by atoms with Gasteiger partial charge in [0.1, 0.15) is 12.4 Å². The molecule has 0 saturated carbocycles. The summed E-state index contributed by atoms with van der Waals surface area (Å²) in [6.07, 6.45) is 1.76. The number of aliphatic carboxylic acids is 1. The van der Waals surface area contributed by atoms with Crippen LogP contribution in [0.4, 0.5) is 0 Å². The molecule has 1 atom stereocenters. The van der Waals surface area contributed by atoms with Gasteiger partial charge in [-0.25, -0.2) is 9.78 Å². The van der Waals surface area contributed by atoms with Gasteiger partial charge in [0, 0.05) is 38.5 Å². The Kier molecular flexibility index (Phi) is 7.25. The van der Waals surface area contributed by atoms with Crippen LogP contribution in [0.2, 0.25) is 0 Å². The Balaban J connectivity index is 1.13. The number of amides is 5. The lowest BCUT2D eigenvalue weighted by Crippen LogP contribution is -2.43. The third-order valence-electron chi connectivity index (χ3n) is 6.84. The van der Waals surface area contributed by atoms with Crippen molar-refractivity contribution in [2.24, 2.45) is 0 Å². The number of aromatic nitrogens is 2. The standard InChI is InChI=1S/C28H23N5O8/c34-22(9-11-32-24(36)17-5-1-2-6-18(17)25(32)37)30-21(28(40)41)13-16-14-31(15-29-16)23(35)10-12-33-26(38)19-7-3-4-8-20(19)27(33)39/h1-8,14-15,21H,9-13H2,(H,30,34)(H,40,41)/t21-/m0/s1. The molecule has 0 spiro atoms. The van der Waals surface area contributed by atoms with E-state index < -0.39 is 47.5 Å². The first-order chi connectivity index (χ1) is 19.7. The number of rotatable bonds is 10. The van der Waals surface area contributed by atoms with Crippen LogP contribution in [0.15, 0.2) is 61.1 Å². The Morgan fingerprint density at radius 2 is 1.22 bits per heavy atom. The molecule has 2 aliphatic rings. The molecule has 5 rings (SSSR count). The van der Waals surface area contributed by atoms with Crippen LogP contribution in [-0.2, 0) is 16.0 Å². The van der Waals surface area contributed by atoms with Gasteiger partial charge in [-0.3, -0.25) is 43.1 Å². The molecular formula is C28H23N5O8. The number of imidazole rings is 1. The second-order valence-corrected chi connectivity index (χ2v) is 9.44. The van der Waals surface area contributed by atoms with Crippen LogP contribution >= 0.6 is 0 Å². The van der Waals surface area contributed by atoms with E-state index in [1.165, 1.54) is 24.7 Å². The van der Waals surface area contributed by atoms with Crippen molar-refractivity contribution in [1.29, 1.82) is 0 Å². The van der Waals surface area contributed by atoms with Gasteiger partial charge in [0.2, 0.25) is 11.8 Å². The Labute approximate surface area is 232 Å². The average Bonchev–Trinajstić information content (AvgIpc) is 3.60. The fourth-order valence-electron chi connectivity index (χ4n) is 4.72. The second-order valence-electron chi connectivity index (χ2n) is 9.44. The van der Waals surface area contributed by atoms with Crippen molar-refractivity contribution in [3.05, 3.63) is 89.0 Å². The van der Waals surface area contributed by atoms with E-state index in [9.17, 15) is 38.7 Å². The summed E-state index contributed by atoms with van der Waals surface area (Å²) >= 11 is 0. The number of fused-ring (bicyclic) bond motifs is 2. The summed E-state index contributed by atoms with van der Waals surface area (Å²) in [5, 5.41) is 12.0. The molecule has 2 aromatic carbocycles. The summed E-state index contributed by atoms with van der Waals surface area (Å²) in [6, 6.07) is 11.3. The molecule has 3 heterocycles. The third kappa shape index (κ3) is 5.24. The molecule has 2 aliphatic heterocycles. The summed E-state index contributed by atoms with van der Waals surface area (Å²) in [5.41, 5.74) is 1.25. The van der Waals surface area contributed by atoms with E-state index in [4.69, 9.17) is 0 Å². The molecular weight excluding hydrogens is 534 g/mol. The van der Waals surface area contributed by atoms with E-state index in [2.05, 4.69) is 10.3 Å². The number of imide groups is 2. The third-order valence-corrected chi connectivity index (χ3v) is 6.84. The molecule has 5 amide bonds. The quantitative estimate of drug-likeness (QED) is 0.345. The molecule has 0 unspecified atom stereocenters. The Morgan fingerprint density at radius 3 is 1.68 bits per heavy atom. The minimum absolute atomic E-state index is 0.139. The number of hydrogen-bond donors (Lipinski definition) is 2. The van der Waals surface area contributed by atoms with Gasteiger partial charge >= 0.3 is 5.97 Å². The Hall–Kier alpha value is -5.46. The minimum atomic E-state index is -1.39. The largest absolute Gasteiger partial charge is 0.480 e. The van der Waals surface area contributed by atoms with Crippen molar-refractivity contribution in [3.63, 3.8) is 0 Å². The van der Waals surface area contributed by atoms with E-state index in [1.54, 1.807) is 36.4 Å². The van der Waals surface area contributed by atoms with Gasteiger partial charge in [0.25, 0.3) is 23.6 Å². The predicted molar refractivity (Wildman–Crippen MR) is 139 cm³/mol. The molecule has 13 heteroatoms. The number of nitrogens with one attached hydrogen (secondary N) is 1. The highest BCUT2D eigenvalue weighted by atomic mass is 16.4. The van der Waals surface area contributed by atoms with E-state index in [-0.39, 0.29) is 60.3 Å². The number of carbonyl (C=O) groups is 7. The van der Waals surface area contributed by atoms with Gasteiger partial charge < -0.3 is 10.4 Å². The zero-order chi connectivity index (χ0) is 29.3. The lowest BCUT2D eigenvalue weighted by Gasteiger charge is -2.16. The summed E-state index contributed by atoms with van der Waals surface area (Å²) in [4.78, 5) is 92.8. The van der Waals surface area contributed by atoms with Crippen LogP contribution in [-0.4, -0.2) is 85.0 Å². The summed E-state index contributed by atoms with van der Waals surface area (Å²) in [7, 11) is 0. The SMILES string of the molecule is O=C(CCN1C(=O)c2ccccc2C1=O)N[C@@H](Cc1cn(C(=O)CCN2C(=O)c3ccccc3C2=O)cn1)C(=O)O. The fourth-order valence-corrected chi connectivity index (χ4v) is 4.72. The Morgan fingerprint density at radius 1 is 0.756 bits per heavy atom. The van der Waals surface area contributed by atoms with Crippen molar-refractivity contribution in [3.8, 4) is 0 Å². The highest BCUT2D eigenvalue weighted by Gasteiger charge is 2.36. The van der Waals surface area contributed by atoms with Crippen molar-refractivity contribution >= 4 is 41.4 Å². The first kappa shape index (κ1) is 27.1. The van der Waals surface area contributed by atoms with Gasteiger partial charge in [-0.15, -0.1) is 0 Å². The van der Waals surface area contributed by atoms with E-state index in [0.717, 1.165) is 14.4 Å². The number of nitrogens with zero attached hydrogens (tertiary/aromatic N) is 4. The maximum absolute atomic E-state index is 12.7. The van der Waals surface area contributed by atoms with Crippen LogP contribution in [0, 0.1) is 0 Å². The zero-order valence-electron chi connectivity index (χ0n) is 21.5. The van der Waals surface area contributed by atoms with Gasteiger partial charge in [0.05, 0.1) is 27.9 Å². The molecule has 0 aliphatic carbocycles. The van der Waals surface area contributed by atoms with E-state index in [0.29, 0.717) is 0 Å². The molecule has 208 valence electrons. The first-order valence-corrected chi connectivity index (χ1v) is 12.6. The summed E-state index contributed by atoms with van der Waals surface area (Å²) < 4.78 is 1.12. The molecule has 3 aromatic rings. The van der Waals surface area contributed by atoms with Crippen molar-refractivity contribution in [2.45, 2.75) is 25.3 Å². The molecule has 0 saturated heterocycles.